The minimum Gasteiger partial charge on any atom is -0.488 e. The van der Waals surface area contributed by atoms with Crippen LogP contribution < -0.4 is 15.0 Å². The number of barbiturate groups is 1. The second-order valence-corrected chi connectivity index (χ2v) is 9.95. The monoisotopic (exact) mass is 568 g/mol. The molecule has 0 unspecified atom stereocenters. The lowest BCUT2D eigenvalue weighted by atomic mass is 10.0. The first kappa shape index (κ1) is 25.4. The van der Waals surface area contributed by atoms with Crippen molar-refractivity contribution in [2.75, 3.05) is 4.90 Å². The Morgan fingerprint density at radius 1 is 0.947 bits per heavy atom. The third kappa shape index (κ3) is 4.97. The average Bonchev–Trinajstić information content (AvgIpc) is 2.91. The summed E-state index contributed by atoms with van der Waals surface area (Å²) in [6.07, 6.45) is 2.29. The maximum Gasteiger partial charge on any atom is 0.335 e. The van der Waals surface area contributed by atoms with Crippen LogP contribution in [-0.2, 0) is 22.6 Å². The molecule has 1 aliphatic rings. The van der Waals surface area contributed by atoms with Crippen LogP contribution >= 0.6 is 15.9 Å². The van der Waals surface area contributed by atoms with Gasteiger partial charge in [-0.3, -0.25) is 14.9 Å². The lowest BCUT2D eigenvalue weighted by molar-refractivity contribution is -0.122. The Balaban J connectivity index is 1.48. The van der Waals surface area contributed by atoms with Gasteiger partial charge in [-0.25, -0.2) is 9.69 Å². The van der Waals surface area contributed by atoms with Crippen LogP contribution in [0.4, 0.5) is 10.5 Å². The highest BCUT2D eigenvalue weighted by Crippen LogP contribution is 2.30. The summed E-state index contributed by atoms with van der Waals surface area (Å²) < 4.78 is 7.00. The third-order valence-corrected chi connectivity index (χ3v) is 7.12. The Labute approximate surface area is 229 Å². The van der Waals surface area contributed by atoms with Gasteiger partial charge in [0.05, 0.1) is 5.69 Å². The number of benzene rings is 4. The molecule has 0 atom stereocenters. The van der Waals surface area contributed by atoms with E-state index in [1.165, 1.54) is 6.08 Å². The summed E-state index contributed by atoms with van der Waals surface area (Å²) in [5, 5.41) is 4.51. The van der Waals surface area contributed by atoms with Gasteiger partial charge in [0.25, 0.3) is 11.8 Å². The second-order valence-electron chi connectivity index (χ2n) is 9.03. The van der Waals surface area contributed by atoms with Gasteiger partial charge in [0, 0.05) is 15.6 Å². The SMILES string of the molecule is CCc1ccc(N2C(=O)NC(=O)/C(=C\c3cc(Br)ccc3OCc3c(C)ccc4ccccc34)C2=O)cc1. The van der Waals surface area contributed by atoms with Crippen LogP contribution in [0.5, 0.6) is 5.75 Å². The Kier molecular flexibility index (Phi) is 7.11. The molecule has 7 heteroatoms. The number of aryl methyl sites for hydroxylation is 2. The van der Waals surface area contributed by atoms with E-state index in [4.69, 9.17) is 4.74 Å². The maximum absolute atomic E-state index is 13.4. The van der Waals surface area contributed by atoms with Crippen LogP contribution in [0.3, 0.4) is 0 Å². The predicted molar refractivity (Wildman–Crippen MR) is 152 cm³/mol. The number of nitrogens with zero attached hydrogens (tertiary/aromatic N) is 1. The molecule has 190 valence electrons. The Hall–Kier alpha value is -4.23. The predicted octanol–water partition coefficient (Wildman–Crippen LogP) is 6.72. The molecule has 0 spiro atoms. The van der Waals surface area contributed by atoms with Crippen molar-refractivity contribution in [3.05, 3.63) is 111 Å². The van der Waals surface area contributed by atoms with E-state index in [9.17, 15) is 14.4 Å². The van der Waals surface area contributed by atoms with Crippen LogP contribution in [0.2, 0.25) is 0 Å². The highest BCUT2D eigenvalue weighted by atomic mass is 79.9. The van der Waals surface area contributed by atoms with Gasteiger partial charge in [0.15, 0.2) is 0 Å². The number of carbonyl (C=O) groups is 3. The zero-order valence-electron chi connectivity index (χ0n) is 21.0. The molecule has 0 saturated carbocycles. The molecule has 6 nitrogen and oxygen atoms in total. The molecule has 0 radical (unpaired) electrons. The summed E-state index contributed by atoms with van der Waals surface area (Å²) in [4.78, 5) is 39.7. The molecule has 0 aromatic heterocycles. The number of carbonyl (C=O) groups excluding carboxylic acids is 3. The standard InChI is InChI=1S/C31H25BrN2O4/c1-3-20-9-13-24(14-10-20)34-30(36)26(29(35)33-31(34)37)17-22-16-23(32)12-15-28(22)38-18-27-19(2)8-11-21-6-4-5-7-25(21)27/h4-17H,3,18H2,1-2H3,(H,33,35,37)/b26-17+. The first-order valence-corrected chi connectivity index (χ1v) is 13.0. The largest absolute Gasteiger partial charge is 0.488 e. The van der Waals surface area contributed by atoms with Crippen LogP contribution in [0.15, 0.2) is 88.9 Å². The molecular formula is C31H25BrN2O4. The number of fused-ring (bicyclic) bond motifs is 1. The molecule has 1 N–H and O–H groups in total. The van der Waals surface area contributed by atoms with Gasteiger partial charge in [0.2, 0.25) is 0 Å². The normalized spacial score (nSPS) is 14.8. The lowest BCUT2D eigenvalue weighted by Gasteiger charge is -2.26. The number of nitrogens with one attached hydrogen (secondary N) is 1. The minimum atomic E-state index is -0.779. The number of hydrogen-bond acceptors (Lipinski definition) is 4. The first-order chi connectivity index (χ1) is 18.4. The molecule has 1 saturated heterocycles. The van der Waals surface area contributed by atoms with E-state index >= 15 is 0 Å². The molecular weight excluding hydrogens is 544 g/mol. The number of rotatable bonds is 6. The number of halogens is 1. The van der Waals surface area contributed by atoms with Gasteiger partial charge in [-0.1, -0.05) is 71.4 Å². The van der Waals surface area contributed by atoms with Crippen molar-refractivity contribution in [2.45, 2.75) is 26.9 Å². The molecule has 4 amide bonds. The molecule has 38 heavy (non-hydrogen) atoms. The van der Waals surface area contributed by atoms with Crippen molar-refractivity contribution in [2.24, 2.45) is 0 Å². The zero-order valence-corrected chi connectivity index (χ0v) is 22.5. The number of hydrogen-bond donors (Lipinski definition) is 1. The summed E-state index contributed by atoms with van der Waals surface area (Å²) in [6.45, 7) is 4.37. The van der Waals surface area contributed by atoms with E-state index < -0.39 is 17.8 Å². The Bertz CT molecular complexity index is 1610. The van der Waals surface area contributed by atoms with Crippen molar-refractivity contribution in [3.8, 4) is 5.75 Å². The van der Waals surface area contributed by atoms with E-state index in [0.717, 1.165) is 43.3 Å². The summed E-state index contributed by atoms with van der Waals surface area (Å²) in [7, 11) is 0. The molecule has 1 fully saturated rings. The number of urea groups is 1. The van der Waals surface area contributed by atoms with Crippen molar-refractivity contribution in [3.63, 3.8) is 0 Å². The van der Waals surface area contributed by atoms with Crippen molar-refractivity contribution in [1.29, 1.82) is 0 Å². The number of ether oxygens (including phenoxy) is 1. The first-order valence-electron chi connectivity index (χ1n) is 12.3. The van der Waals surface area contributed by atoms with E-state index in [0.29, 0.717) is 23.6 Å². The van der Waals surface area contributed by atoms with Crippen LogP contribution in [0.1, 0.15) is 29.2 Å². The summed E-state index contributed by atoms with van der Waals surface area (Å²) in [6, 6.07) is 24.0. The maximum atomic E-state index is 13.4. The van der Waals surface area contributed by atoms with Gasteiger partial charge >= 0.3 is 6.03 Å². The third-order valence-electron chi connectivity index (χ3n) is 6.62. The van der Waals surface area contributed by atoms with Crippen LogP contribution in [-0.4, -0.2) is 17.8 Å². The van der Waals surface area contributed by atoms with Crippen molar-refractivity contribution >= 4 is 56.3 Å². The smallest absolute Gasteiger partial charge is 0.335 e. The fourth-order valence-electron chi connectivity index (χ4n) is 4.48. The van der Waals surface area contributed by atoms with Gasteiger partial charge in [-0.2, -0.15) is 0 Å². The molecule has 0 bridgehead atoms. The van der Waals surface area contributed by atoms with Crippen LogP contribution in [0.25, 0.3) is 16.8 Å². The van der Waals surface area contributed by atoms with Crippen molar-refractivity contribution in [1.82, 2.24) is 5.32 Å². The Morgan fingerprint density at radius 2 is 1.71 bits per heavy atom. The number of amides is 4. The van der Waals surface area contributed by atoms with E-state index in [-0.39, 0.29) is 5.57 Å². The van der Waals surface area contributed by atoms with E-state index in [1.54, 1.807) is 24.3 Å². The second kappa shape index (κ2) is 10.6. The van der Waals surface area contributed by atoms with Gasteiger partial charge in [-0.15, -0.1) is 0 Å². The van der Waals surface area contributed by atoms with Gasteiger partial charge in [0.1, 0.15) is 17.9 Å². The van der Waals surface area contributed by atoms with E-state index in [1.807, 2.05) is 44.2 Å². The van der Waals surface area contributed by atoms with Crippen LogP contribution in [0, 0.1) is 6.92 Å². The fourth-order valence-corrected chi connectivity index (χ4v) is 4.86. The summed E-state index contributed by atoms with van der Waals surface area (Å²) in [5.41, 5.74) is 4.00. The number of imide groups is 2. The molecule has 1 heterocycles. The van der Waals surface area contributed by atoms with E-state index in [2.05, 4.69) is 45.5 Å². The molecule has 5 rings (SSSR count). The minimum absolute atomic E-state index is 0.159. The highest BCUT2D eigenvalue weighted by Gasteiger charge is 2.37. The molecule has 4 aromatic rings. The Morgan fingerprint density at radius 3 is 2.47 bits per heavy atom. The van der Waals surface area contributed by atoms with Crippen molar-refractivity contribution < 1.29 is 19.1 Å². The summed E-state index contributed by atoms with van der Waals surface area (Å²) >= 11 is 3.47. The molecule has 0 aliphatic carbocycles. The quantitative estimate of drug-likeness (QED) is 0.207. The number of anilines is 1. The van der Waals surface area contributed by atoms with Gasteiger partial charge < -0.3 is 4.74 Å². The summed E-state index contributed by atoms with van der Waals surface area (Å²) in [5.74, 6) is -0.944. The van der Waals surface area contributed by atoms with Gasteiger partial charge in [-0.05, 0) is 71.7 Å². The average molecular weight is 569 g/mol. The fraction of sp³-hybridized carbons (Fsp3) is 0.129. The molecule has 1 aliphatic heterocycles. The topological polar surface area (TPSA) is 75.7 Å². The zero-order chi connectivity index (χ0) is 26.8. The molecule has 4 aromatic carbocycles. The highest BCUT2D eigenvalue weighted by molar-refractivity contribution is 9.10. The lowest BCUT2D eigenvalue weighted by Crippen LogP contribution is -2.54.